The molecule has 106 valence electrons. The fourth-order valence-electron chi connectivity index (χ4n) is 2.49. The quantitative estimate of drug-likeness (QED) is 0.905. The molecule has 1 aliphatic rings. The van der Waals surface area contributed by atoms with Crippen LogP contribution in [0.3, 0.4) is 0 Å². The van der Waals surface area contributed by atoms with Crippen LogP contribution in [0, 0.1) is 0 Å². The largest absolute Gasteiger partial charge is 0.368 e. The van der Waals surface area contributed by atoms with E-state index < -0.39 is 0 Å². The molecule has 2 atom stereocenters. The minimum atomic E-state index is 0.284. The van der Waals surface area contributed by atoms with Crippen molar-refractivity contribution in [2.75, 3.05) is 23.7 Å². The third kappa shape index (κ3) is 2.72. The van der Waals surface area contributed by atoms with Crippen LogP contribution in [-0.4, -0.2) is 43.3 Å². The van der Waals surface area contributed by atoms with Crippen molar-refractivity contribution in [1.29, 1.82) is 0 Å². The number of aromatic nitrogens is 4. The molecule has 6 nitrogen and oxygen atoms in total. The Morgan fingerprint density at radius 2 is 1.90 bits per heavy atom. The van der Waals surface area contributed by atoms with Crippen molar-refractivity contribution in [2.24, 2.45) is 0 Å². The van der Waals surface area contributed by atoms with Crippen molar-refractivity contribution < 1.29 is 0 Å². The molecule has 7 heteroatoms. The van der Waals surface area contributed by atoms with Crippen LogP contribution in [0.2, 0.25) is 0 Å². The minimum Gasteiger partial charge on any atom is -0.368 e. The van der Waals surface area contributed by atoms with Crippen LogP contribution in [0.1, 0.15) is 13.8 Å². The van der Waals surface area contributed by atoms with E-state index in [1.807, 2.05) is 30.1 Å². The van der Waals surface area contributed by atoms with Gasteiger partial charge in [-0.25, -0.2) is 4.68 Å². The molecule has 3 rings (SSSR count). The number of nitrogen functional groups attached to an aromatic ring is 1. The van der Waals surface area contributed by atoms with E-state index in [9.17, 15) is 0 Å². The van der Waals surface area contributed by atoms with Gasteiger partial charge in [0.25, 0.3) is 0 Å². The van der Waals surface area contributed by atoms with Crippen molar-refractivity contribution in [3.05, 3.63) is 24.5 Å². The van der Waals surface area contributed by atoms with Gasteiger partial charge < -0.3 is 10.6 Å². The number of nitrogens with zero attached hydrogens (tertiary/aromatic N) is 5. The average Bonchev–Trinajstić information content (AvgIpc) is 2.90. The van der Waals surface area contributed by atoms with Crippen molar-refractivity contribution in [2.45, 2.75) is 24.3 Å². The summed E-state index contributed by atoms with van der Waals surface area (Å²) in [6.07, 6.45) is 3.57. The lowest BCUT2D eigenvalue weighted by Gasteiger charge is -2.35. The molecule has 0 radical (unpaired) electrons. The van der Waals surface area contributed by atoms with E-state index in [4.69, 9.17) is 5.73 Å². The molecule has 3 heterocycles. The molecule has 0 saturated carbocycles. The monoisotopic (exact) mass is 290 g/mol. The molecule has 0 unspecified atom stereocenters. The normalized spacial score (nSPS) is 23.0. The number of hydrogen-bond acceptors (Lipinski definition) is 6. The highest BCUT2D eigenvalue weighted by Crippen LogP contribution is 2.28. The molecule has 0 aliphatic carbocycles. The molecule has 2 aromatic rings. The standard InChI is InChI=1S/C13H18N6S/c1-9-7-18(8-10(2)20-9)11-6-12(17-13(14)16-11)19-5-3-4-15-19/h3-6,9-10H,7-8H2,1-2H3,(H2,14,16,17)/t9-,10-/m0/s1. The molecule has 1 fully saturated rings. The summed E-state index contributed by atoms with van der Waals surface area (Å²) in [4.78, 5) is 10.9. The molecule has 20 heavy (non-hydrogen) atoms. The highest BCUT2D eigenvalue weighted by atomic mass is 32.2. The molecule has 0 aromatic carbocycles. The topological polar surface area (TPSA) is 72.9 Å². The van der Waals surface area contributed by atoms with Gasteiger partial charge in [-0.3, -0.25) is 0 Å². The summed E-state index contributed by atoms with van der Waals surface area (Å²) >= 11 is 2.01. The second kappa shape index (κ2) is 5.32. The molecule has 0 bridgehead atoms. The predicted molar refractivity (Wildman–Crippen MR) is 82.3 cm³/mol. The Labute approximate surface area is 122 Å². The van der Waals surface area contributed by atoms with Crippen LogP contribution >= 0.6 is 11.8 Å². The maximum atomic E-state index is 5.85. The summed E-state index contributed by atoms with van der Waals surface area (Å²) in [5.41, 5.74) is 5.85. The van der Waals surface area contributed by atoms with Crippen molar-refractivity contribution in [3.8, 4) is 5.82 Å². The first kappa shape index (κ1) is 13.2. The van der Waals surface area contributed by atoms with Gasteiger partial charge in [0.2, 0.25) is 5.95 Å². The zero-order valence-electron chi connectivity index (χ0n) is 11.6. The molecule has 0 amide bonds. The van der Waals surface area contributed by atoms with Crippen molar-refractivity contribution in [3.63, 3.8) is 0 Å². The van der Waals surface area contributed by atoms with Gasteiger partial charge in [-0.15, -0.1) is 0 Å². The second-order valence-electron chi connectivity index (χ2n) is 5.06. The summed E-state index contributed by atoms with van der Waals surface area (Å²) < 4.78 is 1.70. The Bertz CT molecular complexity index is 575. The number of thioether (sulfide) groups is 1. The summed E-state index contributed by atoms with van der Waals surface area (Å²) in [7, 11) is 0. The Kier molecular flexibility index (Phi) is 3.52. The van der Waals surface area contributed by atoms with E-state index >= 15 is 0 Å². The van der Waals surface area contributed by atoms with Crippen LogP contribution in [0.5, 0.6) is 0 Å². The van der Waals surface area contributed by atoms with Crippen molar-refractivity contribution >= 4 is 23.5 Å². The zero-order valence-corrected chi connectivity index (χ0v) is 12.4. The Morgan fingerprint density at radius 3 is 2.55 bits per heavy atom. The first-order valence-corrected chi connectivity index (χ1v) is 7.61. The van der Waals surface area contributed by atoms with E-state index in [0.717, 1.165) is 18.9 Å². The van der Waals surface area contributed by atoms with Crippen LogP contribution in [0.4, 0.5) is 11.8 Å². The van der Waals surface area contributed by atoms with E-state index in [0.29, 0.717) is 16.3 Å². The van der Waals surface area contributed by atoms with Crippen molar-refractivity contribution in [1.82, 2.24) is 19.7 Å². The number of nitrogens with two attached hydrogens (primary N) is 1. The third-order valence-corrected chi connectivity index (χ3v) is 4.43. The summed E-state index contributed by atoms with van der Waals surface area (Å²) in [5, 5.41) is 5.36. The first-order chi connectivity index (χ1) is 9.61. The maximum absolute atomic E-state index is 5.85. The smallest absolute Gasteiger partial charge is 0.224 e. The summed E-state index contributed by atoms with van der Waals surface area (Å²) in [6, 6.07) is 3.80. The Hall–Kier alpha value is -1.76. The van der Waals surface area contributed by atoms with E-state index in [-0.39, 0.29) is 5.95 Å². The fourth-order valence-corrected chi connectivity index (χ4v) is 3.81. The molecule has 0 spiro atoms. The Balaban J connectivity index is 1.93. The minimum absolute atomic E-state index is 0.284. The third-order valence-electron chi connectivity index (χ3n) is 3.20. The molecule has 1 aliphatic heterocycles. The van der Waals surface area contributed by atoms with Gasteiger partial charge in [0.05, 0.1) is 0 Å². The lowest BCUT2D eigenvalue weighted by molar-refractivity contribution is 0.715. The first-order valence-electron chi connectivity index (χ1n) is 6.67. The highest BCUT2D eigenvalue weighted by Gasteiger charge is 2.24. The van der Waals surface area contributed by atoms with Crippen LogP contribution < -0.4 is 10.6 Å². The fraction of sp³-hybridized carbons (Fsp3) is 0.462. The lowest BCUT2D eigenvalue weighted by atomic mass is 10.3. The molecule has 2 N–H and O–H groups in total. The van der Waals surface area contributed by atoms with E-state index in [1.54, 1.807) is 10.9 Å². The maximum Gasteiger partial charge on any atom is 0.224 e. The van der Waals surface area contributed by atoms with Crippen LogP contribution in [0.25, 0.3) is 5.82 Å². The number of anilines is 2. The van der Waals surface area contributed by atoms with Crippen LogP contribution in [-0.2, 0) is 0 Å². The zero-order chi connectivity index (χ0) is 14.1. The SMILES string of the molecule is C[C@H]1CN(c2cc(-n3cccn3)nc(N)n2)C[C@H](C)S1. The van der Waals surface area contributed by atoms with Gasteiger partial charge in [-0.1, -0.05) is 13.8 Å². The second-order valence-corrected chi connectivity index (χ2v) is 6.94. The molecule has 1 saturated heterocycles. The predicted octanol–water partition coefficient (Wildman–Crippen LogP) is 1.57. The Morgan fingerprint density at radius 1 is 1.20 bits per heavy atom. The molecular weight excluding hydrogens is 272 g/mol. The summed E-state index contributed by atoms with van der Waals surface area (Å²) in [6.45, 7) is 6.44. The molecular formula is C13H18N6S. The number of hydrogen-bond donors (Lipinski definition) is 1. The highest BCUT2D eigenvalue weighted by molar-refractivity contribution is 8.00. The average molecular weight is 290 g/mol. The summed E-state index contributed by atoms with van der Waals surface area (Å²) in [5.74, 6) is 1.87. The van der Waals surface area contributed by atoms with Crippen LogP contribution in [0.15, 0.2) is 24.5 Å². The van der Waals surface area contributed by atoms with Gasteiger partial charge in [-0.2, -0.15) is 26.8 Å². The lowest BCUT2D eigenvalue weighted by Crippen LogP contribution is -2.41. The van der Waals surface area contributed by atoms with Gasteiger partial charge in [0.1, 0.15) is 5.82 Å². The van der Waals surface area contributed by atoms with Gasteiger partial charge in [-0.05, 0) is 6.07 Å². The van der Waals surface area contributed by atoms with E-state index in [2.05, 4.69) is 33.8 Å². The van der Waals surface area contributed by atoms with Gasteiger partial charge in [0.15, 0.2) is 5.82 Å². The van der Waals surface area contributed by atoms with Gasteiger partial charge >= 0.3 is 0 Å². The molecule has 2 aromatic heterocycles. The van der Waals surface area contributed by atoms with E-state index in [1.165, 1.54) is 0 Å². The number of rotatable bonds is 2. The van der Waals surface area contributed by atoms with Gasteiger partial charge in [0, 0.05) is 42.0 Å².